The average Bonchev–Trinajstić information content (AvgIpc) is 3.29. The van der Waals surface area contributed by atoms with Gasteiger partial charge in [0.25, 0.3) is 5.91 Å². The summed E-state index contributed by atoms with van der Waals surface area (Å²) < 4.78 is 20.6. The van der Waals surface area contributed by atoms with Gasteiger partial charge in [0, 0.05) is 38.0 Å². The van der Waals surface area contributed by atoms with E-state index in [0.29, 0.717) is 24.5 Å². The molecule has 4 rings (SSSR count). The maximum Gasteiger partial charge on any atom is 0.272 e. The lowest BCUT2D eigenvalue weighted by molar-refractivity contribution is 0.0761. The maximum absolute atomic E-state index is 13.1. The van der Waals surface area contributed by atoms with Crippen molar-refractivity contribution >= 4 is 5.91 Å². The third-order valence-electron chi connectivity index (χ3n) is 4.62. The van der Waals surface area contributed by atoms with Crippen LogP contribution in [0.2, 0.25) is 0 Å². The monoisotopic (exact) mass is 366 g/mol. The molecule has 0 bridgehead atoms. The highest BCUT2D eigenvalue weighted by molar-refractivity contribution is 5.94. The van der Waals surface area contributed by atoms with Gasteiger partial charge in [-0.1, -0.05) is 0 Å². The first-order valence-corrected chi connectivity index (χ1v) is 8.76. The average molecular weight is 366 g/mol. The van der Waals surface area contributed by atoms with E-state index in [1.807, 2.05) is 0 Å². The van der Waals surface area contributed by atoms with Gasteiger partial charge in [-0.3, -0.25) is 14.5 Å². The van der Waals surface area contributed by atoms with E-state index < -0.39 is 0 Å². The summed E-state index contributed by atoms with van der Waals surface area (Å²) in [4.78, 5) is 18.6. The van der Waals surface area contributed by atoms with Crippen LogP contribution in [0, 0.1) is 5.82 Å². The van der Waals surface area contributed by atoms with Gasteiger partial charge in [0.15, 0.2) is 0 Å². The first kappa shape index (κ1) is 17.2. The highest BCUT2D eigenvalue weighted by Crippen LogP contribution is 2.23. The highest BCUT2D eigenvalue weighted by atomic mass is 19.1. The lowest BCUT2D eigenvalue weighted by Gasteiger charge is -2.17. The molecule has 0 radical (unpaired) electrons. The van der Waals surface area contributed by atoms with Crippen LogP contribution < -0.4 is 4.74 Å². The second kappa shape index (κ2) is 7.19. The quantitative estimate of drug-likeness (QED) is 0.712. The van der Waals surface area contributed by atoms with E-state index >= 15 is 0 Å². The van der Waals surface area contributed by atoms with Crippen LogP contribution in [0.15, 0.2) is 54.9 Å². The smallest absolute Gasteiger partial charge is 0.272 e. The van der Waals surface area contributed by atoms with Gasteiger partial charge in [0.05, 0.1) is 12.2 Å². The molecule has 27 heavy (non-hydrogen) atoms. The van der Waals surface area contributed by atoms with Crippen LogP contribution in [0.1, 0.15) is 16.9 Å². The molecule has 1 saturated heterocycles. The number of carbonyl (C=O) groups excluding carboxylic acids is 1. The van der Waals surface area contributed by atoms with Crippen molar-refractivity contribution in [3.05, 3.63) is 66.4 Å². The summed E-state index contributed by atoms with van der Waals surface area (Å²) in [7, 11) is 1.74. The molecule has 1 aliphatic rings. The van der Waals surface area contributed by atoms with Gasteiger partial charge >= 0.3 is 0 Å². The van der Waals surface area contributed by atoms with Crippen LogP contribution in [-0.2, 0) is 7.05 Å². The zero-order valence-corrected chi connectivity index (χ0v) is 14.9. The summed E-state index contributed by atoms with van der Waals surface area (Å²) in [6.45, 7) is 1.16. The fourth-order valence-corrected chi connectivity index (χ4v) is 3.21. The van der Waals surface area contributed by atoms with E-state index in [9.17, 15) is 9.18 Å². The number of amides is 1. The molecule has 7 heteroatoms. The number of benzene rings is 1. The van der Waals surface area contributed by atoms with Crippen LogP contribution in [0.4, 0.5) is 4.39 Å². The molecule has 3 heterocycles. The molecule has 0 saturated carbocycles. The lowest BCUT2D eigenvalue weighted by Crippen LogP contribution is -2.32. The number of carbonyl (C=O) groups is 1. The second-order valence-electron chi connectivity index (χ2n) is 6.51. The highest BCUT2D eigenvalue weighted by Gasteiger charge is 2.30. The number of halogens is 1. The summed E-state index contributed by atoms with van der Waals surface area (Å²) in [5, 5.41) is 4.40. The molecule has 138 valence electrons. The van der Waals surface area contributed by atoms with E-state index in [4.69, 9.17) is 4.74 Å². The third kappa shape index (κ3) is 3.67. The number of likely N-dealkylation sites (tertiary alicyclic amines) is 1. The van der Waals surface area contributed by atoms with Crippen LogP contribution >= 0.6 is 0 Å². The number of ether oxygens (including phenoxy) is 1. The van der Waals surface area contributed by atoms with Crippen molar-refractivity contribution in [3.8, 4) is 17.0 Å². The Hall–Kier alpha value is -3.22. The van der Waals surface area contributed by atoms with Crippen molar-refractivity contribution in [2.45, 2.75) is 12.5 Å². The predicted molar refractivity (Wildman–Crippen MR) is 97.8 cm³/mol. The lowest BCUT2D eigenvalue weighted by atomic mass is 10.1. The topological polar surface area (TPSA) is 60.2 Å². The molecule has 6 nitrogen and oxygen atoms in total. The van der Waals surface area contributed by atoms with Crippen molar-refractivity contribution in [1.82, 2.24) is 19.7 Å². The van der Waals surface area contributed by atoms with E-state index in [-0.39, 0.29) is 17.8 Å². The van der Waals surface area contributed by atoms with Crippen molar-refractivity contribution in [3.63, 3.8) is 0 Å². The minimum atomic E-state index is -0.303. The molecule has 0 aliphatic carbocycles. The number of hydrogen-bond donors (Lipinski definition) is 0. The van der Waals surface area contributed by atoms with Crippen molar-refractivity contribution in [1.29, 1.82) is 0 Å². The first-order chi connectivity index (χ1) is 13.1. The van der Waals surface area contributed by atoms with E-state index in [1.54, 1.807) is 59.4 Å². The molecule has 2 aromatic heterocycles. The zero-order chi connectivity index (χ0) is 18.8. The van der Waals surface area contributed by atoms with E-state index in [1.165, 1.54) is 12.1 Å². The van der Waals surface area contributed by atoms with Crippen molar-refractivity contribution < 1.29 is 13.9 Å². The van der Waals surface area contributed by atoms with E-state index in [2.05, 4.69) is 10.1 Å². The summed E-state index contributed by atoms with van der Waals surface area (Å²) in [5.74, 6) is 0.367. The predicted octanol–water partition coefficient (Wildman–Crippen LogP) is 2.91. The molecule has 1 amide bonds. The summed E-state index contributed by atoms with van der Waals surface area (Å²) in [6, 6.07) is 11.4. The van der Waals surface area contributed by atoms with Gasteiger partial charge in [-0.25, -0.2) is 4.39 Å². The number of rotatable bonds is 4. The van der Waals surface area contributed by atoms with Gasteiger partial charge in [-0.2, -0.15) is 5.10 Å². The molecule has 1 aromatic carbocycles. The number of aryl methyl sites for hydroxylation is 1. The Bertz CT molecular complexity index is 940. The number of hydrogen-bond acceptors (Lipinski definition) is 4. The molecule has 3 aromatic rings. The van der Waals surface area contributed by atoms with Crippen molar-refractivity contribution in [2.24, 2.45) is 7.05 Å². The normalized spacial score (nSPS) is 16.5. The molecule has 1 atom stereocenters. The molecule has 0 spiro atoms. The van der Waals surface area contributed by atoms with Gasteiger partial charge < -0.3 is 9.64 Å². The van der Waals surface area contributed by atoms with Gasteiger partial charge in [0.2, 0.25) is 0 Å². The Morgan fingerprint density at radius 1 is 1.19 bits per heavy atom. The molecular formula is C20H19FN4O2. The Morgan fingerprint density at radius 2 is 1.93 bits per heavy atom. The first-order valence-electron chi connectivity index (χ1n) is 8.76. The third-order valence-corrected chi connectivity index (χ3v) is 4.62. The Kier molecular flexibility index (Phi) is 4.58. The molecule has 1 fully saturated rings. The van der Waals surface area contributed by atoms with Gasteiger partial charge in [-0.05, 0) is 42.5 Å². The number of nitrogens with zero attached hydrogens (tertiary/aromatic N) is 4. The Morgan fingerprint density at radius 3 is 2.67 bits per heavy atom. The molecule has 0 unspecified atom stereocenters. The van der Waals surface area contributed by atoms with Crippen LogP contribution in [-0.4, -0.2) is 44.8 Å². The number of pyridine rings is 1. The SMILES string of the molecule is Cn1nc(-c2ccc(F)cc2)cc1C(=O)N1CC[C@@H](Oc2ccncc2)C1. The summed E-state index contributed by atoms with van der Waals surface area (Å²) in [5.41, 5.74) is 1.91. The second-order valence-corrected chi connectivity index (χ2v) is 6.51. The standard InChI is InChI=1S/C20H19FN4O2/c1-24-19(12-18(23-24)14-2-4-15(21)5-3-14)20(26)25-11-8-17(13-25)27-16-6-9-22-10-7-16/h2-7,9-10,12,17H,8,11,13H2,1H3/t17-/m1/s1. The van der Waals surface area contributed by atoms with Crippen LogP contribution in [0.5, 0.6) is 5.75 Å². The van der Waals surface area contributed by atoms with E-state index in [0.717, 1.165) is 17.7 Å². The zero-order valence-electron chi connectivity index (χ0n) is 14.9. The molecular weight excluding hydrogens is 347 g/mol. The largest absolute Gasteiger partial charge is 0.488 e. The Labute approximate surface area is 156 Å². The molecule has 1 aliphatic heterocycles. The maximum atomic E-state index is 13.1. The molecule has 0 N–H and O–H groups in total. The van der Waals surface area contributed by atoms with Crippen LogP contribution in [0.25, 0.3) is 11.3 Å². The minimum Gasteiger partial charge on any atom is -0.488 e. The number of aromatic nitrogens is 3. The van der Waals surface area contributed by atoms with Crippen molar-refractivity contribution in [2.75, 3.05) is 13.1 Å². The Balaban J connectivity index is 1.46. The fraction of sp³-hybridized carbons (Fsp3) is 0.250. The van der Waals surface area contributed by atoms with Gasteiger partial charge in [-0.15, -0.1) is 0 Å². The minimum absolute atomic E-state index is 0.0406. The summed E-state index contributed by atoms with van der Waals surface area (Å²) in [6.07, 6.45) is 4.09. The van der Waals surface area contributed by atoms with Crippen LogP contribution in [0.3, 0.4) is 0 Å². The fourth-order valence-electron chi connectivity index (χ4n) is 3.21. The van der Waals surface area contributed by atoms with Gasteiger partial charge in [0.1, 0.15) is 23.4 Å². The summed E-state index contributed by atoms with van der Waals surface area (Å²) >= 11 is 0.